The monoisotopic (exact) mass is 451 g/mol. The number of hydrogen-bond donors (Lipinski definition) is 0. The maximum atomic E-state index is 13.5. The van der Waals surface area contributed by atoms with Gasteiger partial charge in [-0.3, -0.25) is 9.59 Å². The van der Waals surface area contributed by atoms with Crippen molar-refractivity contribution in [2.45, 2.75) is 32.1 Å². The smallest absolute Gasteiger partial charge is 0.232 e. The van der Waals surface area contributed by atoms with Crippen molar-refractivity contribution in [3.8, 4) is 6.07 Å². The second kappa shape index (κ2) is 9.06. The first-order valence-corrected chi connectivity index (χ1v) is 11.5. The lowest BCUT2D eigenvalue weighted by Crippen LogP contribution is -2.36. The van der Waals surface area contributed by atoms with E-state index in [1.54, 1.807) is 23.1 Å². The average molecular weight is 452 g/mol. The number of nitrogens with zero attached hydrogens (tertiary/aromatic N) is 5. The van der Waals surface area contributed by atoms with Gasteiger partial charge in [0.15, 0.2) is 0 Å². The molecule has 3 heterocycles. The molecule has 0 bridgehead atoms. The van der Waals surface area contributed by atoms with Gasteiger partial charge in [-0.05, 0) is 53.8 Å². The minimum Gasteiger partial charge on any atom is -0.312 e. The zero-order chi connectivity index (χ0) is 23.7. The minimum atomic E-state index is -0.394. The average Bonchev–Trinajstić information content (AvgIpc) is 3.42. The molecule has 5 rings (SSSR count). The van der Waals surface area contributed by atoms with Crippen LogP contribution in [0.15, 0.2) is 61.2 Å². The first-order valence-electron chi connectivity index (χ1n) is 11.5. The first-order chi connectivity index (χ1) is 16.5. The van der Waals surface area contributed by atoms with Crippen LogP contribution >= 0.6 is 0 Å². The number of amides is 2. The minimum absolute atomic E-state index is 0.00734. The van der Waals surface area contributed by atoms with Crippen LogP contribution in [0.4, 0.5) is 11.4 Å². The molecular formula is C27H25N5O2. The number of nitriles is 1. The standard InChI is InChI=1S/C27H25N5O2/c1-18-15-32(25-8-7-19(10-24(18)25)5-6-21-13-29-17-30-14-21)27(34)22-11-26(33)31(16-22)23-4-2-3-20(9-23)12-28/h2-4,7-10,13-14,17-18,22H,5-6,11,15-16H2,1H3/t18?,22-/m0/s1. The molecule has 1 aromatic heterocycles. The number of fused-ring (bicyclic) bond motifs is 1. The van der Waals surface area contributed by atoms with Crippen molar-refractivity contribution in [2.75, 3.05) is 22.9 Å². The Hall–Kier alpha value is -4.05. The van der Waals surface area contributed by atoms with Gasteiger partial charge in [0, 0.05) is 49.2 Å². The molecule has 0 N–H and O–H groups in total. The maximum Gasteiger partial charge on any atom is 0.232 e. The molecule has 1 unspecified atom stereocenters. The number of carbonyl (C=O) groups excluding carboxylic acids is 2. The zero-order valence-corrected chi connectivity index (χ0v) is 19.0. The molecule has 0 radical (unpaired) electrons. The number of anilines is 2. The van der Waals surface area contributed by atoms with Crippen molar-refractivity contribution in [2.24, 2.45) is 5.92 Å². The highest BCUT2D eigenvalue weighted by molar-refractivity contribution is 6.05. The van der Waals surface area contributed by atoms with E-state index in [4.69, 9.17) is 5.26 Å². The Morgan fingerprint density at radius 3 is 2.68 bits per heavy atom. The van der Waals surface area contributed by atoms with Crippen molar-refractivity contribution in [1.29, 1.82) is 5.26 Å². The predicted octanol–water partition coefficient (Wildman–Crippen LogP) is 3.64. The van der Waals surface area contributed by atoms with Gasteiger partial charge in [0.1, 0.15) is 6.33 Å². The number of benzene rings is 2. The van der Waals surface area contributed by atoms with E-state index in [2.05, 4.69) is 35.1 Å². The van der Waals surface area contributed by atoms with Gasteiger partial charge in [0.2, 0.25) is 11.8 Å². The Balaban J connectivity index is 1.30. The quantitative estimate of drug-likeness (QED) is 0.591. The van der Waals surface area contributed by atoms with Crippen LogP contribution in [0.2, 0.25) is 0 Å². The molecule has 2 amide bonds. The molecule has 7 heteroatoms. The normalized spacial score (nSPS) is 19.2. The number of rotatable bonds is 5. The summed E-state index contributed by atoms with van der Waals surface area (Å²) in [6.07, 6.45) is 7.15. The van der Waals surface area contributed by atoms with Gasteiger partial charge in [0.05, 0.1) is 17.6 Å². The summed E-state index contributed by atoms with van der Waals surface area (Å²) in [6.45, 7) is 3.10. The molecule has 170 valence electrons. The van der Waals surface area contributed by atoms with E-state index in [1.165, 1.54) is 17.5 Å². The van der Waals surface area contributed by atoms with E-state index in [0.717, 1.165) is 24.1 Å². The number of aryl methyl sites for hydroxylation is 2. The van der Waals surface area contributed by atoms with Gasteiger partial charge in [-0.25, -0.2) is 9.97 Å². The number of aromatic nitrogens is 2. The topological polar surface area (TPSA) is 90.2 Å². The van der Waals surface area contributed by atoms with E-state index in [9.17, 15) is 9.59 Å². The van der Waals surface area contributed by atoms with E-state index >= 15 is 0 Å². The molecule has 2 atom stereocenters. The van der Waals surface area contributed by atoms with Crippen LogP contribution in [0.1, 0.15) is 41.5 Å². The summed E-state index contributed by atoms with van der Waals surface area (Å²) in [4.78, 5) is 37.8. The summed E-state index contributed by atoms with van der Waals surface area (Å²) in [7, 11) is 0. The maximum absolute atomic E-state index is 13.5. The molecule has 2 aliphatic heterocycles. The number of hydrogen-bond acceptors (Lipinski definition) is 5. The largest absolute Gasteiger partial charge is 0.312 e. The van der Waals surface area contributed by atoms with Gasteiger partial charge in [-0.2, -0.15) is 5.26 Å². The van der Waals surface area contributed by atoms with Crippen LogP contribution in [-0.2, 0) is 22.4 Å². The highest BCUT2D eigenvalue weighted by Crippen LogP contribution is 2.39. The van der Waals surface area contributed by atoms with Crippen molar-refractivity contribution in [1.82, 2.24) is 9.97 Å². The molecule has 0 spiro atoms. The third-order valence-electron chi connectivity index (χ3n) is 6.71. The first kappa shape index (κ1) is 21.8. The molecule has 7 nitrogen and oxygen atoms in total. The van der Waals surface area contributed by atoms with Crippen molar-refractivity contribution in [3.05, 3.63) is 83.4 Å². The second-order valence-corrected chi connectivity index (χ2v) is 9.06. The summed E-state index contributed by atoms with van der Waals surface area (Å²) in [5.74, 6) is -0.248. The van der Waals surface area contributed by atoms with Gasteiger partial charge >= 0.3 is 0 Å². The van der Waals surface area contributed by atoms with Crippen molar-refractivity contribution in [3.63, 3.8) is 0 Å². The molecular weight excluding hydrogens is 426 g/mol. The SMILES string of the molecule is CC1CN(C(=O)[C@H]2CC(=O)N(c3cccc(C#N)c3)C2)c2ccc(CCc3cncnc3)cc21. The number of carbonyl (C=O) groups is 2. The summed E-state index contributed by atoms with van der Waals surface area (Å²) in [5.41, 5.74) is 5.62. The molecule has 1 fully saturated rings. The highest BCUT2D eigenvalue weighted by atomic mass is 16.2. The molecule has 0 aliphatic carbocycles. The molecule has 1 saturated heterocycles. The molecule has 0 saturated carbocycles. The fourth-order valence-electron chi connectivity index (χ4n) is 4.91. The van der Waals surface area contributed by atoms with E-state index in [1.807, 2.05) is 29.4 Å². The van der Waals surface area contributed by atoms with E-state index in [0.29, 0.717) is 24.3 Å². The summed E-state index contributed by atoms with van der Waals surface area (Å²) in [6, 6.07) is 15.4. The van der Waals surface area contributed by atoms with Crippen LogP contribution < -0.4 is 9.80 Å². The van der Waals surface area contributed by atoms with Gasteiger partial charge < -0.3 is 9.80 Å². The lowest BCUT2D eigenvalue weighted by atomic mass is 9.98. The third-order valence-corrected chi connectivity index (χ3v) is 6.71. The Kier molecular flexibility index (Phi) is 5.81. The van der Waals surface area contributed by atoms with Crippen LogP contribution in [0.5, 0.6) is 0 Å². The van der Waals surface area contributed by atoms with Crippen LogP contribution in [-0.4, -0.2) is 34.9 Å². The van der Waals surface area contributed by atoms with Gasteiger partial charge in [-0.15, -0.1) is 0 Å². The second-order valence-electron chi connectivity index (χ2n) is 9.06. The van der Waals surface area contributed by atoms with Gasteiger partial charge in [0.25, 0.3) is 0 Å². The zero-order valence-electron chi connectivity index (χ0n) is 19.0. The highest BCUT2D eigenvalue weighted by Gasteiger charge is 2.40. The van der Waals surface area contributed by atoms with Crippen molar-refractivity contribution < 1.29 is 9.59 Å². The summed E-state index contributed by atoms with van der Waals surface area (Å²) >= 11 is 0. The predicted molar refractivity (Wildman–Crippen MR) is 128 cm³/mol. The Morgan fingerprint density at radius 1 is 1.09 bits per heavy atom. The molecule has 3 aromatic rings. The summed E-state index contributed by atoms with van der Waals surface area (Å²) < 4.78 is 0. The fraction of sp³-hybridized carbons (Fsp3) is 0.296. The summed E-state index contributed by atoms with van der Waals surface area (Å²) in [5, 5.41) is 9.16. The fourth-order valence-corrected chi connectivity index (χ4v) is 4.91. The molecule has 2 aromatic carbocycles. The Morgan fingerprint density at radius 2 is 1.88 bits per heavy atom. The lowest BCUT2D eigenvalue weighted by molar-refractivity contribution is -0.124. The van der Waals surface area contributed by atoms with Gasteiger partial charge in [-0.1, -0.05) is 25.1 Å². The van der Waals surface area contributed by atoms with E-state index < -0.39 is 5.92 Å². The third kappa shape index (κ3) is 4.15. The van der Waals surface area contributed by atoms with Crippen LogP contribution in [0.25, 0.3) is 0 Å². The lowest BCUT2D eigenvalue weighted by Gasteiger charge is -2.22. The van der Waals surface area contributed by atoms with Crippen molar-refractivity contribution >= 4 is 23.2 Å². The van der Waals surface area contributed by atoms with E-state index in [-0.39, 0.29) is 24.2 Å². The molecule has 2 aliphatic rings. The molecule has 34 heavy (non-hydrogen) atoms. The Bertz CT molecular complexity index is 1280. The van der Waals surface area contributed by atoms with Crippen LogP contribution in [0, 0.1) is 17.2 Å². The van der Waals surface area contributed by atoms with Crippen LogP contribution in [0.3, 0.4) is 0 Å². The Labute approximate surface area is 198 Å².